The number of amides is 1. The van der Waals surface area contributed by atoms with E-state index in [0.717, 1.165) is 18.1 Å². The molecule has 2 aromatic heterocycles. The highest BCUT2D eigenvalue weighted by Gasteiger charge is 2.21. The van der Waals surface area contributed by atoms with Crippen molar-refractivity contribution in [3.8, 4) is 11.4 Å². The fraction of sp³-hybridized carbons (Fsp3) is 0.250. The van der Waals surface area contributed by atoms with Crippen LogP contribution in [-0.4, -0.2) is 33.0 Å². The Labute approximate surface area is 194 Å². The van der Waals surface area contributed by atoms with E-state index in [1.807, 2.05) is 38.1 Å². The molecule has 0 spiro atoms. The molecule has 10 heteroatoms. The van der Waals surface area contributed by atoms with Crippen LogP contribution < -0.4 is 21.3 Å². The molecule has 0 saturated carbocycles. The zero-order valence-corrected chi connectivity index (χ0v) is 19.1. The van der Waals surface area contributed by atoms with E-state index in [9.17, 15) is 14.0 Å². The second kappa shape index (κ2) is 9.34. The van der Waals surface area contributed by atoms with Gasteiger partial charge in [0, 0.05) is 12.5 Å². The van der Waals surface area contributed by atoms with Gasteiger partial charge in [0.2, 0.25) is 0 Å². The number of nitrogens with zero attached hydrogens (tertiary/aromatic N) is 3. The number of aromatic amines is 1. The van der Waals surface area contributed by atoms with Crippen molar-refractivity contribution in [2.45, 2.75) is 32.7 Å². The Morgan fingerprint density at radius 2 is 2.00 bits per heavy atom. The maximum Gasteiger partial charge on any atom is 0.275 e. The van der Waals surface area contributed by atoms with Crippen molar-refractivity contribution >= 4 is 22.6 Å². The van der Waals surface area contributed by atoms with E-state index in [2.05, 4.69) is 20.6 Å². The standard InChI is InChI=1S/C24H25FN6O3/c1-4-13(2)20-19-21(22(26)28-29-24(19)33)31(30-20)16-8-5-14(6-9-16)12-27-23(32)17-11-15(25)7-10-18(17)34-3/h5-11,13H,4,12H2,1-3H3,(H2,26,28)(H,27,32)(H,29,33)/t13-/m1/s1. The molecule has 0 aliphatic rings. The Kier molecular flexibility index (Phi) is 6.31. The number of ether oxygens (including phenoxy) is 1. The summed E-state index contributed by atoms with van der Waals surface area (Å²) in [6.45, 7) is 4.25. The third-order valence-electron chi connectivity index (χ3n) is 5.78. The van der Waals surface area contributed by atoms with Crippen molar-refractivity contribution in [2.24, 2.45) is 0 Å². The van der Waals surface area contributed by atoms with Gasteiger partial charge in [-0.2, -0.15) is 10.2 Å². The van der Waals surface area contributed by atoms with Crippen LogP contribution in [0.2, 0.25) is 0 Å². The summed E-state index contributed by atoms with van der Waals surface area (Å²) >= 11 is 0. The van der Waals surface area contributed by atoms with Gasteiger partial charge in [0.1, 0.15) is 17.1 Å². The highest BCUT2D eigenvalue weighted by atomic mass is 19.1. The van der Waals surface area contributed by atoms with Gasteiger partial charge >= 0.3 is 0 Å². The molecule has 4 rings (SSSR count). The molecular weight excluding hydrogens is 439 g/mol. The number of hydrogen-bond donors (Lipinski definition) is 3. The maximum atomic E-state index is 13.6. The maximum absolute atomic E-state index is 13.6. The van der Waals surface area contributed by atoms with Gasteiger partial charge in [0.25, 0.3) is 11.5 Å². The van der Waals surface area contributed by atoms with E-state index in [4.69, 9.17) is 10.5 Å². The average molecular weight is 465 g/mol. The molecule has 2 heterocycles. The van der Waals surface area contributed by atoms with Gasteiger partial charge in [-0.1, -0.05) is 26.0 Å². The van der Waals surface area contributed by atoms with E-state index >= 15 is 0 Å². The second-order valence-electron chi connectivity index (χ2n) is 7.96. The summed E-state index contributed by atoms with van der Waals surface area (Å²) in [5, 5.41) is 14.2. The van der Waals surface area contributed by atoms with Crippen LogP contribution in [0.25, 0.3) is 16.6 Å². The van der Waals surface area contributed by atoms with Gasteiger partial charge in [-0.25, -0.2) is 14.2 Å². The lowest BCUT2D eigenvalue weighted by Crippen LogP contribution is -2.23. The van der Waals surface area contributed by atoms with E-state index < -0.39 is 11.7 Å². The van der Waals surface area contributed by atoms with Crippen LogP contribution in [0.15, 0.2) is 47.3 Å². The quantitative estimate of drug-likeness (QED) is 0.385. The number of rotatable bonds is 7. The molecule has 0 unspecified atom stereocenters. The number of nitrogens with two attached hydrogens (primary N) is 1. The van der Waals surface area contributed by atoms with Gasteiger partial charge in [-0.3, -0.25) is 9.59 Å². The predicted molar refractivity (Wildman–Crippen MR) is 127 cm³/mol. The molecule has 4 N–H and O–H groups in total. The first kappa shape index (κ1) is 23.0. The van der Waals surface area contributed by atoms with E-state index in [0.29, 0.717) is 22.3 Å². The number of halogens is 1. The first-order valence-electron chi connectivity index (χ1n) is 10.8. The van der Waals surface area contributed by atoms with Gasteiger partial charge in [-0.05, 0) is 42.3 Å². The third kappa shape index (κ3) is 4.21. The van der Waals surface area contributed by atoms with Crippen LogP contribution in [0.1, 0.15) is 47.8 Å². The topological polar surface area (TPSA) is 128 Å². The van der Waals surface area contributed by atoms with E-state index in [1.165, 1.54) is 19.2 Å². The number of fused-ring (bicyclic) bond motifs is 1. The molecule has 4 aromatic rings. The molecule has 0 bridgehead atoms. The highest BCUT2D eigenvalue weighted by Crippen LogP contribution is 2.29. The molecule has 1 atom stereocenters. The van der Waals surface area contributed by atoms with Crippen LogP contribution in [0, 0.1) is 5.82 Å². The largest absolute Gasteiger partial charge is 0.496 e. The number of hydrogen-bond acceptors (Lipinski definition) is 6. The molecule has 0 aliphatic heterocycles. The summed E-state index contributed by atoms with van der Waals surface area (Å²) < 4.78 is 20.3. The zero-order valence-electron chi connectivity index (χ0n) is 19.1. The lowest BCUT2D eigenvalue weighted by atomic mass is 10.0. The Morgan fingerprint density at radius 1 is 1.26 bits per heavy atom. The molecule has 1 amide bonds. The summed E-state index contributed by atoms with van der Waals surface area (Å²) in [5.41, 5.74) is 8.50. The average Bonchev–Trinajstić information content (AvgIpc) is 3.26. The lowest BCUT2D eigenvalue weighted by Gasteiger charge is -2.10. The van der Waals surface area contributed by atoms with Gasteiger partial charge in [0.05, 0.1) is 29.4 Å². The summed E-state index contributed by atoms with van der Waals surface area (Å²) in [4.78, 5) is 25.0. The molecule has 0 fully saturated rings. The normalized spacial score (nSPS) is 12.0. The summed E-state index contributed by atoms with van der Waals surface area (Å²) in [6, 6.07) is 11.1. The smallest absolute Gasteiger partial charge is 0.275 e. The number of nitrogen functional groups attached to an aromatic ring is 1. The number of carbonyl (C=O) groups excluding carboxylic acids is 1. The SMILES string of the molecule is CC[C@@H](C)c1nn(-c2ccc(CNC(=O)c3cc(F)ccc3OC)cc2)c2c(N)n[nH]c(=O)c12. The Bertz CT molecular complexity index is 1410. The molecule has 0 aliphatic carbocycles. The first-order valence-corrected chi connectivity index (χ1v) is 10.8. The van der Waals surface area contributed by atoms with Crippen LogP contribution >= 0.6 is 0 Å². The van der Waals surface area contributed by atoms with Crippen LogP contribution in [-0.2, 0) is 6.54 Å². The number of H-pyrrole nitrogens is 1. The van der Waals surface area contributed by atoms with Gasteiger partial charge in [-0.15, -0.1) is 0 Å². The minimum absolute atomic E-state index is 0.0564. The minimum Gasteiger partial charge on any atom is -0.496 e. The Balaban J connectivity index is 1.60. The highest BCUT2D eigenvalue weighted by molar-refractivity contribution is 5.97. The lowest BCUT2D eigenvalue weighted by molar-refractivity contribution is 0.0947. The van der Waals surface area contributed by atoms with Crippen molar-refractivity contribution in [3.63, 3.8) is 0 Å². The number of aromatic nitrogens is 4. The summed E-state index contributed by atoms with van der Waals surface area (Å²) in [5.74, 6) is -0.447. The van der Waals surface area contributed by atoms with E-state index in [-0.39, 0.29) is 35.2 Å². The molecule has 0 radical (unpaired) electrons. The fourth-order valence-electron chi connectivity index (χ4n) is 3.73. The summed E-state index contributed by atoms with van der Waals surface area (Å²) in [7, 11) is 1.42. The number of anilines is 1. The van der Waals surface area contributed by atoms with Crippen LogP contribution in [0.4, 0.5) is 10.2 Å². The van der Waals surface area contributed by atoms with Crippen molar-refractivity contribution < 1.29 is 13.9 Å². The monoisotopic (exact) mass is 464 g/mol. The first-order chi connectivity index (χ1) is 16.3. The number of benzene rings is 2. The van der Waals surface area contributed by atoms with Crippen molar-refractivity contribution in [1.82, 2.24) is 25.3 Å². The fourth-order valence-corrected chi connectivity index (χ4v) is 3.73. The van der Waals surface area contributed by atoms with Crippen molar-refractivity contribution in [2.75, 3.05) is 12.8 Å². The molecule has 34 heavy (non-hydrogen) atoms. The molecule has 2 aromatic carbocycles. The molecular formula is C24H25FN6O3. The van der Waals surface area contributed by atoms with Gasteiger partial charge < -0.3 is 15.8 Å². The minimum atomic E-state index is -0.522. The predicted octanol–water partition coefficient (Wildman–Crippen LogP) is 3.28. The molecule has 9 nitrogen and oxygen atoms in total. The van der Waals surface area contributed by atoms with Crippen molar-refractivity contribution in [3.05, 3.63) is 75.5 Å². The van der Waals surface area contributed by atoms with Crippen LogP contribution in [0.5, 0.6) is 5.75 Å². The van der Waals surface area contributed by atoms with Gasteiger partial charge in [0.15, 0.2) is 5.82 Å². The van der Waals surface area contributed by atoms with E-state index in [1.54, 1.807) is 4.68 Å². The third-order valence-corrected chi connectivity index (χ3v) is 5.78. The summed E-state index contributed by atoms with van der Waals surface area (Å²) in [6.07, 6.45) is 0.808. The van der Waals surface area contributed by atoms with Crippen molar-refractivity contribution in [1.29, 1.82) is 0 Å². The second-order valence-corrected chi connectivity index (χ2v) is 7.96. The zero-order chi connectivity index (χ0) is 24.4. The number of nitrogens with one attached hydrogen (secondary N) is 2. The molecule has 176 valence electrons. The molecule has 0 saturated heterocycles. The Hall–Kier alpha value is -4.21. The van der Waals surface area contributed by atoms with Crippen LogP contribution in [0.3, 0.4) is 0 Å². The Morgan fingerprint density at radius 3 is 2.68 bits per heavy atom. The number of methoxy groups -OCH3 is 1. The number of carbonyl (C=O) groups is 1.